The fourth-order valence-corrected chi connectivity index (χ4v) is 2.90. The number of nitrogens with zero attached hydrogens (tertiary/aromatic N) is 1. The standard InChI is InChI=1S/C21H20N2O5/c1-3-25-17-10-6-7-14-11-18(28-20(14)17)13(2)22-23-21(24)19-12-26-15-8-4-5-9-16(15)27-19/h4-11,19H,3,12H2,1-2H3,(H,23,24)/b22-13-/t19-/m1/s1. The van der Waals surface area contributed by atoms with Crippen LogP contribution in [0.4, 0.5) is 0 Å². The number of para-hydroxylation sites is 3. The molecule has 144 valence electrons. The largest absolute Gasteiger partial charge is 0.490 e. The second kappa shape index (κ2) is 7.64. The second-order valence-corrected chi connectivity index (χ2v) is 6.26. The van der Waals surface area contributed by atoms with Crippen LogP contribution in [-0.4, -0.2) is 30.9 Å². The molecule has 1 N–H and O–H groups in total. The normalized spacial score (nSPS) is 16.1. The summed E-state index contributed by atoms with van der Waals surface area (Å²) >= 11 is 0. The van der Waals surface area contributed by atoms with Crippen molar-refractivity contribution >= 4 is 22.6 Å². The van der Waals surface area contributed by atoms with Gasteiger partial charge in [-0.3, -0.25) is 4.79 Å². The van der Waals surface area contributed by atoms with Crippen LogP contribution in [0.15, 0.2) is 58.0 Å². The molecular weight excluding hydrogens is 360 g/mol. The maximum absolute atomic E-state index is 12.4. The molecule has 1 aliphatic heterocycles. The highest BCUT2D eigenvalue weighted by atomic mass is 16.6. The zero-order valence-electron chi connectivity index (χ0n) is 15.6. The van der Waals surface area contributed by atoms with E-state index in [1.807, 2.05) is 43.3 Å². The van der Waals surface area contributed by atoms with Crippen LogP contribution in [0.25, 0.3) is 11.0 Å². The van der Waals surface area contributed by atoms with Crippen molar-refractivity contribution in [2.45, 2.75) is 20.0 Å². The van der Waals surface area contributed by atoms with Gasteiger partial charge in [-0.15, -0.1) is 0 Å². The first-order valence-electron chi connectivity index (χ1n) is 9.04. The lowest BCUT2D eigenvalue weighted by Crippen LogP contribution is -2.42. The van der Waals surface area contributed by atoms with E-state index < -0.39 is 6.10 Å². The highest BCUT2D eigenvalue weighted by molar-refractivity contribution is 6.01. The van der Waals surface area contributed by atoms with Gasteiger partial charge in [-0.05, 0) is 38.1 Å². The summed E-state index contributed by atoms with van der Waals surface area (Å²) in [6, 6.07) is 14.8. The van der Waals surface area contributed by atoms with Gasteiger partial charge in [0.25, 0.3) is 5.91 Å². The summed E-state index contributed by atoms with van der Waals surface area (Å²) in [6.45, 7) is 4.34. The third kappa shape index (κ3) is 3.51. The molecule has 0 aliphatic carbocycles. The van der Waals surface area contributed by atoms with Crippen LogP contribution in [0.5, 0.6) is 17.2 Å². The molecule has 2 heterocycles. The van der Waals surface area contributed by atoms with Crippen molar-refractivity contribution in [1.29, 1.82) is 0 Å². The van der Waals surface area contributed by atoms with Gasteiger partial charge in [-0.25, -0.2) is 5.43 Å². The number of nitrogens with one attached hydrogen (secondary N) is 1. The van der Waals surface area contributed by atoms with E-state index in [0.29, 0.717) is 40.9 Å². The molecule has 1 atom stereocenters. The third-order valence-corrected chi connectivity index (χ3v) is 4.30. The Morgan fingerprint density at radius 3 is 2.86 bits per heavy atom. The number of amides is 1. The summed E-state index contributed by atoms with van der Waals surface area (Å²) in [4.78, 5) is 12.4. The van der Waals surface area contributed by atoms with E-state index in [4.69, 9.17) is 18.6 Å². The molecule has 0 saturated heterocycles. The molecule has 1 aromatic heterocycles. The van der Waals surface area contributed by atoms with Crippen LogP contribution in [0.1, 0.15) is 19.6 Å². The molecule has 1 amide bonds. The lowest BCUT2D eigenvalue weighted by molar-refractivity contribution is -0.130. The molecule has 2 aromatic carbocycles. The number of hydrogen-bond donors (Lipinski definition) is 1. The summed E-state index contributed by atoms with van der Waals surface area (Å²) in [6.07, 6.45) is -0.772. The Bertz CT molecular complexity index is 1040. The Morgan fingerprint density at radius 2 is 2.04 bits per heavy atom. The molecule has 0 spiro atoms. The second-order valence-electron chi connectivity index (χ2n) is 6.26. The summed E-state index contributed by atoms with van der Waals surface area (Å²) in [7, 11) is 0. The number of ether oxygens (including phenoxy) is 3. The average molecular weight is 380 g/mol. The van der Waals surface area contributed by atoms with E-state index in [0.717, 1.165) is 5.39 Å². The zero-order valence-corrected chi connectivity index (χ0v) is 15.6. The van der Waals surface area contributed by atoms with Gasteiger partial charge in [0.15, 0.2) is 28.6 Å². The minimum atomic E-state index is -0.772. The molecule has 1 aliphatic rings. The summed E-state index contributed by atoms with van der Waals surface area (Å²) in [5.41, 5.74) is 3.70. The van der Waals surface area contributed by atoms with E-state index in [2.05, 4.69) is 10.5 Å². The SMILES string of the molecule is CCOc1cccc2cc(/C(C)=N\NC(=O)[C@H]3COc4ccccc4O3)oc12. The fourth-order valence-electron chi connectivity index (χ4n) is 2.90. The molecule has 7 nitrogen and oxygen atoms in total. The molecule has 28 heavy (non-hydrogen) atoms. The van der Waals surface area contributed by atoms with Crippen molar-refractivity contribution in [1.82, 2.24) is 5.43 Å². The first-order chi connectivity index (χ1) is 13.7. The fraction of sp³-hybridized carbons (Fsp3) is 0.238. The Kier molecular flexibility index (Phi) is 4.89. The number of fused-ring (bicyclic) bond motifs is 2. The minimum absolute atomic E-state index is 0.125. The lowest BCUT2D eigenvalue weighted by atomic mass is 10.2. The van der Waals surface area contributed by atoms with E-state index in [1.165, 1.54) is 0 Å². The smallest absolute Gasteiger partial charge is 0.284 e. The molecule has 0 unspecified atom stereocenters. The number of carbonyl (C=O) groups is 1. The van der Waals surface area contributed by atoms with Gasteiger partial charge in [0.2, 0.25) is 6.10 Å². The van der Waals surface area contributed by atoms with Crippen LogP contribution in [0, 0.1) is 0 Å². The van der Waals surface area contributed by atoms with E-state index in [9.17, 15) is 4.79 Å². The molecule has 0 bridgehead atoms. The van der Waals surface area contributed by atoms with Crippen molar-refractivity contribution in [3.63, 3.8) is 0 Å². The molecule has 3 aromatic rings. The summed E-state index contributed by atoms with van der Waals surface area (Å²) in [5.74, 6) is 2.00. The number of furan rings is 1. The third-order valence-electron chi connectivity index (χ3n) is 4.30. The summed E-state index contributed by atoms with van der Waals surface area (Å²) in [5, 5.41) is 5.05. The van der Waals surface area contributed by atoms with Crippen LogP contribution in [0.2, 0.25) is 0 Å². The highest BCUT2D eigenvalue weighted by Crippen LogP contribution is 2.31. The van der Waals surface area contributed by atoms with E-state index in [1.54, 1.807) is 19.1 Å². The predicted molar refractivity (Wildman–Crippen MR) is 104 cm³/mol. The first-order valence-corrected chi connectivity index (χ1v) is 9.04. The Morgan fingerprint density at radius 1 is 1.21 bits per heavy atom. The maximum atomic E-state index is 12.4. The van der Waals surface area contributed by atoms with Gasteiger partial charge < -0.3 is 18.6 Å². The molecule has 0 fully saturated rings. The number of carbonyl (C=O) groups excluding carboxylic acids is 1. The lowest BCUT2D eigenvalue weighted by Gasteiger charge is -2.24. The number of rotatable bonds is 5. The van der Waals surface area contributed by atoms with Gasteiger partial charge >= 0.3 is 0 Å². The van der Waals surface area contributed by atoms with Crippen LogP contribution in [0.3, 0.4) is 0 Å². The number of hydrazone groups is 1. The van der Waals surface area contributed by atoms with Crippen molar-refractivity contribution in [3.05, 3.63) is 54.3 Å². The highest BCUT2D eigenvalue weighted by Gasteiger charge is 2.27. The quantitative estimate of drug-likeness (QED) is 0.541. The van der Waals surface area contributed by atoms with Crippen LogP contribution >= 0.6 is 0 Å². The van der Waals surface area contributed by atoms with E-state index >= 15 is 0 Å². The molecule has 4 rings (SSSR count). The topological polar surface area (TPSA) is 82.3 Å². The number of benzene rings is 2. The van der Waals surface area contributed by atoms with Crippen molar-refractivity contribution in [2.75, 3.05) is 13.2 Å². The van der Waals surface area contributed by atoms with E-state index in [-0.39, 0.29) is 12.5 Å². The van der Waals surface area contributed by atoms with Gasteiger partial charge in [-0.1, -0.05) is 24.3 Å². The first kappa shape index (κ1) is 17.9. The minimum Gasteiger partial charge on any atom is -0.490 e. The van der Waals surface area contributed by atoms with Crippen molar-refractivity contribution < 1.29 is 23.4 Å². The molecule has 0 radical (unpaired) electrons. The Labute approximate surface area is 161 Å². The van der Waals surface area contributed by atoms with Gasteiger partial charge in [0.05, 0.1) is 6.61 Å². The van der Waals surface area contributed by atoms with Crippen LogP contribution < -0.4 is 19.6 Å². The van der Waals surface area contributed by atoms with Crippen molar-refractivity contribution in [3.8, 4) is 17.2 Å². The predicted octanol–water partition coefficient (Wildman–Crippen LogP) is 3.51. The van der Waals surface area contributed by atoms with Gasteiger partial charge in [0, 0.05) is 5.39 Å². The van der Waals surface area contributed by atoms with Crippen molar-refractivity contribution in [2.24, 2.45) is 5.10 Å². The zero-order chi connectivity index (χ0) is 19.5. The molecular formula is C21H20N2O5. The maximum Gasteiger partial charge on any atom is 0.284 e. The Balaban J connectivity index is 1.47. The number of hydrogen-bond acceptors (Lipinski definition) is 6. The summed E-state index contributed by atoms with van der Waals surface area (Å²) < 4.78 is 22.7. The average Bonchev–Trinajstić information content (AvgIpc) is 3.17. The molecule has 7 heteroatoms. The molecule has 0 saturated carbocycles. The Hall–Kier alpha value is -3.48. The van der Waals surface area contributed by atoms with Gasteiger partial charge in [0.1, 0.15) is 12.3 Å². The van der Waals surface area contributed by atoms with Gasteiger partial charge in [-0.2, -0.15) is 5.10 Å². The monoisotopic (exact) mass is 380 g/mol. The van der Waals surface area contributed by atoms with Crippen LogP contribution in [-0.2, 0) is 4.79 Å².